The van der Waals surface area contributed by atoms with Crippen LogP contribution in [0.15, 0.2) is 54.6 Å². The number of carbonyl (C=O) groups is 3. The molecule has 140 valence electrons. The number of nitrogens with two attached hydrogens (primary N) is 1. The Kier molecular flexibility index (Phi) is 5.40. The average Bonchev–Trinajstić information content (AvgIpc) is 3.02. The molecular formula is C20H22N4O3. The van der Waals surface area contributed by atoms with E-state index in [2.05, 4.69) is 10.6 Å². The van der Waals surface area contributed by atoms with Crippen molar-refractivity contribution in [2.24, 2.45) is 0 Å². The Hall–Kier alpha value is -3.35. The van der Waals surface area contributed by atoms with Crippen LogP contribution in [0.2, 0.25) is 0 Å². The zero-order valence-electron chi connectivity index (χ0n) is 15.0. The zero-order chi connectivity index (χ0) is 19.4. The Morgan fingerprint density at radius 2 is 1.78 bits per heavy atom. The molecule has 3 rings (SSSR count). The molecule has 4 amide bonds. The number of likely N-dealkylation sites (tertiary alicyclic amines) is 1. The van der Waals surface area contributed by atoms with Crippen LogP contribution in [0, 0.1) is 0 Å². The highest BCUT2D eigenvalue weighted by Gasteiger charge is 2.34. The van der Waals surface area contributed by atoms with Gasteiger partial charge in [-0.2, -0.15) is 0 Å². The zero-order valence-corrected chi connectivity index (χ0v) is 15.0. The predicted molar refractivity (Wildman–Crippen MR) is 102 cm³/mol. The van der Waals surface area contributed by atoms with Crippen LogP contribution in [0.3, 0.4) is 0 Å². The quantitative estimate of drug-likeness (QED) is 0.721. The highest BCUT2D eigenvalue weighted by molar-refractivity contribution is 6.07. The van der Waals surface area contributed by atoms with Crippen molar-refractivity contribution in [1.29, 1.82) is 0 Å². The molecule has 1 aliphatic heterocycles. The van der Waals surface area contributed by atoms with Crippen LogP contribution in [0.1, 0.15) is 35.3 Å². The van der Waals surface area contributed by atoms with Crippen LogP contribution in [0.5, 0.6) is 0 Å². The highest BCUT2D eigenvalue weighted by Crippen LogP contribution is 2.25. The smallest absolute Gasteiger partial charge is 0.322 e. The van der Waals surface area contributed by atoms with E-state index in [1.165, 1.54) is 0 Å². The number of anilines is 1. The minimum Gasteiger partial charge on any atom is -0.398 e. The van der Waals surface area contributed by atoms with E-state index >= 15 is 0 Å². The molecule has 0 aromatic heterocycles. The third kappa shape index (κ3) is 4.25. The van der Waals surface area contributed by atoms with Crippen molar-refractivity contribution in [3.63, 3.8) is 0 Å². The third-order valence-electron chi connectivity index (χ3n) is 4.68. The monoisotopic (exact) mass is 366 g/mol. The minimum atomic E-state index is -0.643. The van der Waals surface area contributed by atoms with Gasteiger partial charge in [-0.1, -0.05) is 42.5 Å². The second kappa shape index (κ2) is 7.90. The molecule has 1 fully saturated rings. The molecule has 7 nitrogen and oxygen atoms in total. The van der Waals surface area contributed by atoms with Crippen LogP contribution in [-0.4, -0.2) is 35.3 Å². The summed E-state index contributed by atoms with van der Waals surface area (Å²) in [6, 6.07) is 15.1. The highest BCUT2D eigenvalue weighted by atomic mass is 16.2. The van der Waals surface area contributed by atoms with Gasteiger partial charge in [0.2, 0.25) is 5.91 Å². The summed E-state index contributed by atoms with van der Waals surface area (Å²) in [6.07, 6.45) is 0.201. The van der Waals surface area contributed by atoms with Crippen molar-refractivity contribution in [2.75, 3.05) is 12.3 Å². The fourth-order valence-corrected chi connectivity index (χ4v) is 3.21. The van der Waals surface area contributed by atoms with Gasteiger partial charge in [-0.25, -0.2) is 4.79 Å². The first-order valence-corrected chi connectivity index (χ1v) is 8.76. The van der Waals surface area contributed by atoms with Crippen LogP contribution >= 0.6 is 0 Å². The molecule has 1 saturated heterocycles. The molecule has 7 heteroatoms. The molecule has 2 aromatic rings. The Balaban J connectivity index is 1.57. The van der Waals surface area contributed by atoms with Crippen LogP contribution in [0.4, 0.5) is 10.5 Å². The molecule has 0 saturated carbocycles. The molecular weight excluding hydrogens is 344 g/mol. The van der Waals surface area contributed by atoms with Gasteiger partial charge in [0, 0.05) is 18.7 Å². The number of nitrogens with zero attached hydrogens (tertiary/aromatic N) is 1. The number of urea groups is 1. The lowest BCUT2D eigenvalue weighted by molar-refractivity contribution is -0.129. The van der Waals surface area contributed by atoms with Crippen molar-refractivity contribution >= 4 is 23.5 Å². The molecule has 0 spiro atoms. The molecule has 1 heterocycles. The summed E-state index contributed by atoms with van der Waals surface area (Å²) in [5, 5.41) is 4.95. The molecule has 0 bridgehead atoms. The molecule has 2 aromatic carbocycles. The molecule has 1 aliphatic rings. The lowest BCUT2D eigenvalue weighted by Crippen LogP contribution is -2.45. The van der Waals surface area contributed by atoms with Gasteiger partial charge in [-0.05, 0) is 24.6 Å². The lowest BCUT2D eigenvalue weighted by atomic mass is 10.1. The number of hydrogen-bond acceptors (Lipinski definition) is 4. The Labute approximate surface area is 157 Å². The third-order valence-corrected chi connectivity index (χ3v) is 4.68. The van der Waals surface area contributed by atoms with Gasteiger partial charge in [0.25, 0.3) is 5.91 Å². The fraction of sp³-hybridized carbons (Fsp3) is 0.250. The van der Waals surface area contributed by atoms with E-state index in [4.69, 9.17) is 5.73 Å². The number of para-hydroxylation sites is 1. The van der Waals surface area contributed by atoms with E-state index in [0.29, 0.717) is 12.2 Å². The van der Waals surface area contributed by atoms with E-state index in [-0.39, 0.29) is 30.0 Å². The first-order chi connectivity index (χ1) is 13.0. The van der Waals surface area contributed by atoms with Crippen LogP contribution in [0.25, 0.3) is 0 Å². The Morgan fingerprint density at radius 3 is 2.48 bits per heavy atom. The van der Waals surface area contributed by atoms with E-state index < -0.39 is 11.9 Å². The molecule has 2 unspecified atom stereocenters. The summed E-state index contributed by atoms with van der Waals surface area (Å²) in [5.74, 6) is -0.611. The number of nitrogen functional groups attached to an aromatic ring is 1. The van der Waals surface area contributed by atoms with Crippen LogP contribution in [-0.2, 0) is 4.79 Å². The van der Waals surface area contributed by atoms with Crippen molar-refractivity contribution in [3.8, 4) is 0 Å². The minimum absolute atomic E-state index is 0.0321. The summed E-state index contributed by atoms with van der Waals surface area (Å²) >= 11 is 0. The van der Waals surface area contributed by atoms with Crippen LogP contribution < -0.4 is 16.4 Å². The number of imide groups is 1. The predicted octanol–water partition coefficient (Wildman–Crippen LogP) is 2.07. The Bertz CT molecular complexity index is 853. The van der Waals surface area contributed by atoms with Gasteiger partial charge in [-0.15, -0.1) is 0 Å². The van der Waals surface area contributed by atoms with Crippen molar-refractivity contribution < 1.29 is 14.4 Å². The van der Waals surface area contributed by atoms with Gasteiger partial charge in [0.05, 0.1) is 17.6 Å². The summed E-state index contributed by atoms with van der Waals surface area (Å²) in [7, 11) is 0. The molecule has 0 radical (unpaired) electrons. The van der Waals surface area contributed by atoms with Crippen molar-refractivity contribution in [1.82, 2.24) is 15.5 Å². The van der Waals surface area contributed by atoms with E-state index in [1.54, 1.807) is 29.2 Å². The van der Waals surface area contributed by atoms with Crippen molar-refractivity contribution in [3.05, 3.63) is 65.7 Å². The summed E-state index contributed by atoms with van der Waals surface area (Å²) in [4.78, 5) is 38.3. The first-order valence-electron chi connectivity index (χ1n) is 8.76. The Morgan fingerprint density at radius 1 is 1.11 bits per heavy atom. The topological polar surface area (TPSA) is 105 Å². The summed E-state index contributed by atoms with van der Waals surface area (Å²) < 4.78 is 0. The maximum absolute atomic E-state index is 12.3. The first kappa shape index (κ1) is 18.4. The number of hydrogen-bond donors (Lipinski definition) is 3. The summed E-state index contributed by atoms with van der Waals surface area (Å²) in [5.41, 5.74) is 7.30. The van der Waals surface area contributed by atoms with E-state index in [1.807, 2.05) is 37.3 Å². The molecule has 27 heavy (non-hydrogen) atoms. The average molecular weight is 366 g/mol. The number of amides is 4. The second-order valence-electron chi connectivity index (χ2n) is 6.55. The van der Waals surface area contributed by atoms with Gasteiger partial charge >= 0.3 is 6.03 Å². The molecule has 2 atom stereocenters. The summed E-state index contributed by atoms with van der Waals surface area (Å²) in [6.45, 7) is 2.35. The normalized spacial score (nSPS) is 17.4. The maximum atomic E-state index is 12.3. The molecule has 4 N–H and O–H groups in total. The van der Waals surface area contributed by atoms with E-state index in [0.717, 1.165) is 5.56 Å². The number of nitrogens with one attached hydrogen (secondary N) is 2. The lowest BCUT2D eigenvalue weighted by Gasteiger charge is -2.25. The number of carbonyl (C=O) groups excluding carboxylic acids is 3. The fourth-order valence-electron chi connectivity index (χ4n) is 3.21. The largest absolute Gasteiger partial charge is 0.398 e. The maximum Gasteiger partial charge on any atom is 0.322 e. The van der Waals surface area contributed by atoms with Crippen molar-refractivity contribution in [2.45, 2.75) is 25.4 Å². The van der Waals surface area contributed by atoms with E-state index in [9.17, 15) is 14.4 Å². The van der Waals surface area contributed by atoms with Gasteiger partial charge < -0.3 is 16.0 Å². The number of benzene rings is 2. The molecule has 0 aliphatic carbocycles. The van der Waals surface area contributed by atoms with Gasteiger partial charge in [0.1, 0.15) is 0 Å². The second-order valence-corrected chi connectivity index (χ2v) is 6.55. The number of rotatable bonds is 4. The van der Waals surface area contributed by atoms with Gasteiger partial charge in [0.15, 0.2) is 0 Å². The van der Waals surface area contributed by atoms with Gasteiger partial charge in [-0.3, -0.25) is 14.9 Å². The standard InChI is InChI=1S/C20H22N4O3/c1-13(14-7-3-2-4-8-14)24-12-15(11-18(24)25)22-20(27)23-19(26)16-9-5-6-10-17(16)21/h2-10,13,15H,11-12,21H2,1H3,(H2,22,23,26,27). The SMILES string of the molecule is CC(c1ccccc1)N1CC(NC(=O)NC(=O)c2ccccc2N)CC1=O.